The summed E-state index contributed by atoms with van der Waals surface area (Å²) in [5.41, 5.74) is 0.856. The molecule has 0 bridgehead atoms. The van der Waals surface area contributed by atoms with Crippen LogP contribution in [0.15, 0.2) is 24.3 Å². The van der Waals surface area contributed by atoms with Crippen molar-refractivity contribution in [3.8, 4) is 11.9 Å². The zero-order chi connectivity index (χ0) is 12.4. The van der Waals surface area contributed by atoms with Crippen LogP contribution in [-0.4, -0.2) is 10.2 Å². The Labute approximate surface area is 100 Å². The van der Waals surface area contributed by atoms with E-state index in [1.165, 1.54) is 4.57 Å². The fourth-order valence-electron chi connectivity index (χ4n) is 2.13. The molecule has 0 amide bonds. The normalized spacial score (nSPS) is 10.9. The Morgan fingerprint density at radius 3 is 2.41 bits per heavy atom. The van der Waals surface area contributed by atoms with Crippen LogP contribution in [0.1, 0.15) is 20.3 Å². The molecule has 2 aromatic rings. The van der Waals surface area contributed by atoms with E-state index in [4.69, 9.17) is 0 Å². The topological polar surface area (TPSA) is 48.2 Å². The van der Waals surface area contributed by atoms with Gasteiger partial charge in [-0.25, -0.2) is 0 Å². The van der Waals surface area contributed by atoms with Crippen LogP contribution in [-0.2, 0) is 13.1 Å². The zero-order valence-electron chi connectivity index (χ0n) is 10.2. The van der Waals surface area contributed by atoms with E-state index < -0.39 is 0 Å². The molecule has 0 aliphatic rings. The van der Waals surface area contributed by atoms with E-state index in [9.17, 15) is 10.2 Å². The Hall–Kier alpha value is -1.84. The minimum absolute atomic E-state index is 0.102. The molecule has 0 atom stereocenters. The van der Waals surface area contributed by atoms with Crippen molar-refractivity contribution in [3.05, 3.63) is 24.3 Å². The Morgan fingerprint density at radius 1 is 1.06 bits per heavy atom. The van der Waals surface area contributed by atoms with Gasteiger partial charge in [0.2, 0.25) is 5.52 Å². The number of hydrogen-bond donors (Lipinski definition) is 2. The molecule has 17 heavy (non-hydrogen) atoms. The predicted molar refractivity (Wildman–Crippen MR) is 63.6 cm³/mol. The first-order valence-corrected chi connectivity index (χ1v) is 5.97. The van der Waals surface area contributed by atoms with Gasteiger partial charge >= 0.3 is 11.9 Å². The smallest absolute Gasteiger partial charge is 0.459 e. The summed E-state index contributed by atoms with van der Waals surface area (Å²) >= 11 is 0. The summed E-state index contributed by atoms with van der Waals surface area (Å²) < 4.78 is 3.34. The molecule has 0 unspecified atom stereocenters. The third kappa shape index (κ3) is 1.79. The number of fused-ring (bicyclic) bond motifs is 1. The molecule has 0 fully saturated rings. The molecule has 1 aromatic carbocycles. The van der Waals surface area contributed by atoms with Crippen LogP contribution in [0.3, 0.4) is 0 Å². The van der Waals surface area contributed by atoms with Crippen molar-refractivity contribution in [3.63, 3.8) is 0 Å². The molecule has 0 aliphatic heterocycles. The largest absolute Gasteiger partial charge is 0.632 e. The van der Waals surface area contributed by atoms with E-state index in [1.54, 1.807) is 0 Å². The standard InChI is InChI=1S/C13H16N2O2/c1-3-9-15-11-8-6-5-7-10(11)12(16)14(4-2)13(15)17/h5-8H,3-4,9H2,1-2H3/p+2. The Morgan fingerprint density at radius 2 is 1.76 bits per heavy atom. The van der Waals surface area contributed by atoms with E-state index in [0.717, 1.165) is 23.9 Å². The number of hydrogen-bond acceptors (Lipinski definition) is 2. The Bertz CT molecular complexity index is 553. The maximum atomic E-state index is 10.2. The summed E-state index contributed by atoms with van der Waals surface area (Å²) in [7, 11) is 0. The van der Waals surface area contributed by atoms with E-state index in [0.29, 0.717) is 6.54 Å². The lowest BCUT2D eigenvalue weighted by molar-refractivity contribution is -0.820. The first-order valence-electron chi connectivity index (χ1n) is 5.97. The third-order valence-electron chi connectivity index (χ3n) is 2.94. The van der Waals surface area contributed by atoms with Crippen LogP contribution in [0, 0.1) is 0 Å². The van der Waals surface area contributed by atoms with Gasteiger partial charge in [0.05, 0.1) is 0 Å². The van der Waals surface area contributed by atoms with E-state index >= 15 is 0 Å². The summed E-state index contributed by atoms with van der Waals surface area (Å²) in [5, 5.41) is 21.0. The molecule has 90 valence electrons. The lowest BCUT2D eigenvalue weighted by atomic mass is 10.2. The zero-order valence-corrected chi connectivity index (χ0v) is 10.2. The van der Waals surface area contributed by atoms with Crippen molar-refractivity contribution in [2.45, 2.75) is 33.4 Å². The summed E-state index contributed by atoms with van der Waals surface area (Å²) in [6, 6.07) is 7.66. The molecular formula is C13H18N2O2+2. The first-order chi connectivity index (χ1) is 8.20. The van der Waals surface area contributed by atoms with Crippen LogP contribution in [0.2, 0.25) is 0 Å². The van der Waals surface area contributed by atoms with Crippen LogP contribution >= 0.6 is 0 Å². The minimum atomic E-state index is 0.102. The van der Waals surface area contributed by atoms with Crippen LogP contribution < -0.4 is 9.13 Å². The highest BCUT2D eigenvalue weighted by Gasteiger charge is 2.31. The monoisotopic (exact) mass is 234 g/mol. The summed E-state index contributed by atoms with van der Waals surface area (Å²) in [6.45, 7) is 5.22. The molecular weight excluding hydrogens is 216 g/mol. The lowest BCUT2D eigenvalue weighted by Gasteiger charge is -2.02. The SMILES string of the molecule is CCC[n+]1c(O)[n+](CC)c(O)c2ccccc21. The summed E-state index contributed by atoms with van der Waals surface area (Å²) in [5.74, 6) is 0.118. The van der Waals surface area contributed by atoms with Crippen LogP contribution in [0.4, 0.5) is 0 Å². The molecule has 0 spiro atoms. The van der Waals surface area contributed by atoms with Gasteiger partial charge < -0.3 is 10.2 Å². The quantitative estimate of drug-likeness (QED) is 0.785. The van der Waals surface area contributed by atoms with Crippen LogP contribution in [0.5, 0.6) is 11.9 Å². The van der Waals surface area contributed by atoms with Gasteiger partial charge in [-0.3, -0.25) is 0 Å². The van der Waals surface area contributed by atoms with Crippen molar-refractivity contribution < 1.29 is 19.3 Å². The van der Waals surface area contributed by atoms with E-state index in [2.05, 4.69) is 6.92 Å². The maximum Gasteiger partial charge on any atom is 0.632 e. The lowest BCUT2D eigenvalue weighted by Crippen LogP contribution is -2.47. The van der Waals surface area contributed by atoms with Crippen molar-refractivity contribution in [1.82, 2.24) is 0 Å². The molecule has 2 N–H and O–H groups in total. The van der Waals surface area contributed by atoms with Crippen molar-refractivity contribution in [2.24, 2.45) is 0 Å². The molecule has 4 nitrogen and oxygen atoms in total. The number of benzene rings is 1. The van der Waals surface area contributed by atoms with E-state index in [1.807, 2.05) is 35.8 Å². The number of aryl methyl sites for hydroxylation is 1. The van der Waals surface area contributed by atoms with Gasteiger partial charge in [0.15, 0.2) is 18.5 Å². The Balaban J connectivity index is 2.85. The third-order valence-corrected chi connectivity index (χ3v) is 2.94. The maximum absolute atomic E-state index is 10.2. The van der Waals surface area contributed by atoms with Gasteiger partial charge in [-0.15, -0.1) is 0 Å². The molecule has 0 saturated heterocycles. The summed E-state index contributed by atoms with van der Waals surface area (Å²) in [4.78, 5) is 0. The fourth-order valence-corrected chi connectivity index (χ4v) is 2.13. The van der Waals surface area contributed by atoms with Crippen molar-refractivity contribution >= 4 is 10.9 Å². The highest BCUT2D eigenvalue weighted by molar-refractivity contribution is 5.79. The number of rotatable bonds is 3. The second-order valence-electron chi connectivity index (χ2n) is 4.04. The van der Waals surface area contributed by atoms with Crippen molar-refractivity contribution in [2.75, 3.05) is 0 Å². The molecule has 1 heterocycles. The molecule has 4 heteroatoms. The number of aromatic nitrogens is 2. The molecule has 1 aromatic heterocycles. The van der Waals surface area contributed by atoms with Crippen molar-refractivity contribution in [1.29, 1.82) is 0 Å². The fraction of sp³-hybridized carbons (Fsp3) is 0.385. The average Bonchev–Trinajstić information content (AvgIpc) is 2.35. The van der Waals surface area contributed by atoms with E-state index in [-0.39, 0.29) is 11.9 Å². The van der Waals surface area contributed by atoms with Gasteiger partial charge in [-0.05, 0) is 13.0 Å². The van der Waals surface area contributed by atoms with Gasteiger partial charge in [0.1, 0.15) is 0 Å². The second-order valence-corrected chi connectivity index (χ2v) is 4.04. The highest BCUT2D eigenvalue weighted by atomic mass is 16.3. The number of para-hydroxylation sites is 1. The minimum Gasteiger partial charge on any atom is -0.459 e. The molecule has 2 rings (SSSR count). The first kappa shape index (κ1) is 11.6. The summed E-state index contributed by atoms with van der Waals surface area (Å²) in [6.07, 6.45) is 0.927. The second kappa shape index (κ2) is 4.57. The van der Waals surface area contributed by atoms with Gasteiger partial charge in [-0.1, -0.05) is 28.2 Å². The van der Waals surface area contributed by atoms with Gasteiger partial charge in [0, 0.05) is 12.5 Å². The predicted octanol–water partition coefficient (Wildman–Crippen LogP) is 1.26. The number of nitrogens with zero attached hydrogens (tertiary/aromatic N) is 2. The molecule has 0 radical (unpaired) electrons. The number of aromatic hydroxyl groups is 2. The molecule has 0 saturated carbocycles. The van der Waals surface area contributed by atoms with Gasteiger partial charge in [-0.2, -0.15) is 0 Å². The average molecular weight is 234 g/mol. The van der Waals surface area contributed by atoms with Gasteiger partial charge in [0.25, 0.3) is 0 Å². The van der Waals surface area contributed by atoms with Crippen LogP contribution in [0.25, 0.3) is 10.9 Å². The highest BCUT2D eigenvalue weighted by Crippen LogP contribution is 2.20. The Kier molecular flexibility index (Phi) is 3.13. The molecule has 0 aliphatic carbocycles.